The topological polar surface area (TPSA) is 144 Å². The van der Waals surface area contributed by atoms with E-state index in [4.69, 9.17) is 5.11 Å². The van der Waals surface area contributed by atoms with Crippen molar-refractivity contribution in [3.8, 4) is 6.07 Å². The van der Waals surface area contributed by atoms with Crippen LogP contribution in [0, 0.1) is 11.3 Å². The second-order valence-electron chi connectivity index (χ2n) is 11.1. The normalized spacial score (nSPS) is 14.3. The summed E-state index contributed by atoms with van der Waals surface area (Å²) < 4.78 is 40.2. The number of halogens is 3. The summed E-state index contributed by atoms with van der Waals surface area (Å²) in [5.74, 6) is -0.987. The Morgan fingerprint density at radius 2 is 1.65 bits per heavy atom. The highest BCUT2D eigenvalue weighted by Gasteiger charge is 2.32. The van der Waals surface area contributed by atoms with Crippen molar-refractivity contribution in [2.24, 2.45) is 0 Å². The van der Waals surface area contributed by atoms with Crippen molar-refractivity contribution in [3.63, 3.8) is 0 Å². The van der Waals surface area contributed by atoms with Crippen molar-refractivity contribution in [3.05, 3.63) is 94.0 Å². The van der Waals surface area contributed by atoms with Gasteiger partial charge >= 0.3 is 18.2 Å². The number of rotatable bonds is 9. The first-order valence-corrected chi connectivity index (χ1v) is 15.5. The van der Waals surface area contributed by atoms with Crippen molar-refractivity contribution in [2.45, 2.75) is 56.7 Å². The molecule has 1 aromatic heterocycles. The Morgan fingerprint density at radius 1 is 1.00 bits per heavy atom. The van der Waals surface area contributed by atoms with E-state index < -0.39 is 35.7 Å². The number of amides is 3. The third kappa shape index (κ3) is 7.81. The summed E-state index contributed by atoms with van der Waals surface area (Å²) in [5.41, 5.74) is 1.69. The number of benzene rings is 3. The van der Waals surface area contributed by atoms with E-state index in [0.717, 1.165) is 41.9 Å². The van der Waals surface area contributed by atoms with Crippen LogP contribution in [0.2, 0.25) is 0 Å². The summed E-state index contributed by atoms with van der Waals surface area (Å²) in [5, 5.41) is 26.3. The summed E-state index contributed by atoms with van der Waals surface area (Å²) in [6.07, 6.45) is 0.983. The summed E-state index contributed by atoms with van der Waals surface area (Å²) in [7, 11) is 0. The Kier molecular flexibility index (Phi) is 9.87. The van der Waals surface area contributed by atoms with Crippen LogP contribution >= 0.6 is 11.3 Å². The lowest BCUT2D eigenvalue weighted by Crippen LogP contribution is -2.33. The third-order valence-electron chi connectivity index (χ3n) is 7.91. The Labute approximate surface area is 266 Å². The van der Waals surface area contributed by atoms with E-state index in [2.05, 4.69) is 33.1 Å². The maximum absolute atomic E-state index is 13.3. The number of aromatic nitrogens is 1. The molecule has 1 unspecified atom stereocenters. The number of nitrogens with zero attached hydrogens (tertiary/aromatic N) is 2. The summed E-state index contributed by atoms with van der Waals surface area (Å²) in [6, 6.07) is 16.5. The molecule has 0 radical (unpaired) electrons. The van der Waals surface area contributed by atoms with Gasteiger partial charge in [0, 0.05) is 12.1 Å². The van der Waals surface area contributed by atoms with Gasteiger partial charge in [0.15, 0.2) is 5.13 Å². The second-order valence-corrected chi connectivity index (χ2v) is 12.1. The minimum absolute atomic E-state index is 0.0168. The number of urea groups is 1. The van der Waals surface area contributed by atoms with Crippen LogP contribution in [0.25, 0.3) is 10.2 Å². The van der Waals surface area contributed by atoms with Crippen molar-refractivity contribution in [1.82, 2.24) is 15.6 Å². The minimum Gasteiger partial charge on any atom is -0.481 e. The van der Waals surface area contributed by atoms with Crippen LogP contribution in [0.3, 0.4) is 0 Å². The third-order valence-corrected chi connectivity index (χ3v) is 8.93. The molecule has 13 heteroatoms. The molecule has 1 fully saturated rings. The highest BCUT2D eigenvalue weighted by Crippen LogP contribution is 2.37. The van der Waals surface area contributed by atoms with Crippen LogP contribution in [0.4, 0.5) is 23.1 Å². The molecule has 1 saturated carbocycles. The molecule has 0 aliphatic heterocycles. The molecule has 238 valence electrons. The van der Waals surface area contributed by atoms with E-state index in [1.54, 1.807) is 30.3 Å². The number of fused-ring (bicyclic) bond motifs is 1. The van der Waals surface area contributed by atoms with Gasteiger partial charge in [-0.05, 0) is 59.7 Å². The van der Waals surface area contributed by atoms with Crippen LogP contribution < -0.4 is 16.0 Å². The highest BCUT2D eigenvalue weighted by molar-refractivity contribution is 7.22. The van der Waals surface area contributed by atoms with Crippen LogP contribution in [0.1, 0.15) is 88.7 Å². The maximum Gasteiger partial charge on any atom is 0.416 e. The molecule has 3 amide bonds. The lowest BCUT2D eigenvalue weighted by molar-refractivity contribution is -0.138. The van der Waals surface area contributed by atoms with Gasteiger partial charge in [-0.15, -0.1) is 0 Å². The average molecular weight is 650 g/mol. The van der Waals surface area contributed by atoms with E-state index >= 15 is 0 Å². The molecular weight excluding hydrogens is 619 g/mol. The number of nitriles is 1. The summed E-state index contributed by atoms with van der Waals surface area (Å²) in [6.45, 7) is -0.0211. The van der Waals surface area contributed by atoms with E-state index in [9.17, 15) is 32.8 Å². The fraction of sp³-hybridized carbons (Fsp3) is 0.303. The first-order valence-electron chi connectivity index (χ1n) is 14.7. The lowest BCUT2D eigenvalue weighted by atomic mass is 9.83. The minimum atomic E-state index is -4.66. The number of carboxylic acids is 1. The van der Waals surface area contributed by atoms with Crippen molar-refractivity contribution in [2.75, 3.05) is 11.9 Å². The Balaban J connectivity index is 1.38. The smallest absolute Gasteiger partial charge is 0.416 e. The molecule has 1 aliphatic rings. The first kappa shape index (κ1) is 32.4. The fourth-order valence-electron chi connectivity index (χ4n) is 5.56. The monoisotopic (exact) mass is 649 g/mol. The Hall–Kier alpha value is -4.96. The number of anilines is 1. The standard InChI is InChI=1S/C33H30F3N5O4S/c34-33(35,36)25-16-24(18-37)29-26(17-25)39-32(46-29)41-31(45)40-28(21-8-6-20(7-9-21)19-4-2-1-3-5-19)22-10-12-23(13-11-22)30(44)38-15-14-27(42)43/h6-13,16-17,19,28H,1-5,14-15H2,(H,38,44)(H,42,43)(H2,39,40,41,45). The average Bonchev–Trinajstić information content (AvgIpc) is 3.45. The quantitative estimate of drug-likeness (QED) is 0.149. The molecule has 1 heterocycles. The van der Waals surface area contributed by atoms with E-state index in [1.165, 1.54) is 24.8 Å². The second kappa shape index (κ2) is 14.0. The van der Waals surface area contributed by atoms with Gasteiger partial charge < -0.3 is 15.7 Å². The van der Waals surface area contributed by atoms with E-state index in [-0.39, 0.29) is 33.9 Å². The van der Waals surface area contributed by atoms with Crippen molar-refractivity contribution in [1.29, 1.82) is 5.26 Å². The van der Waals surface area contributed by atoms with Gasteiger partial charge in [-0.2, -0.15) is 18.4 Å². The number of hydrogen-bond donors (Lipinski definition) is 4. The van der Waals surface area contributed by atoms with Gasteiger partial charge in [-0.3, -0.25) is 14.9 Å². The molecular formula is C33H30F3N5O4S. The summed E-state index contributed by atoms with van der Waals surface area (Å²) >= 11 is 0.892. The summed E-state index contributed by atoms with van der Waals surface area (Å²) in [4.78, 5) is 40.6. The lowest BCUT2D eigenvalue weighted by Gasteiger charge is -2.24. The number of nitrogens with one attached hydrogen (secondary N) is 3. The van der Waals surface area contributed by atoms with Crippen LogP contribution in [0.15, 0.2) is 60.7 Å². The molecule has 0 spiro atoms. The Bertz CT molecular complexity index is 1780. The number of aliphatic carboxylic acids is 1. The number of carboxylic acid groups (broad SMARTS) is 1. The predicted octanol–water partition coefficient (Wildman–Crippen LogP) is 7.35. The van der Waals surface area contributed by atoms with Crippen molar-refractivity contribution >= 4 is 44.6 Å². The molecule has 5 rings (SSSR count). The first-order chi connectivity index (χ1) is 22.0. The zero-order valence-corrected chi connectivity index (χ0v) is 25.3. The number of alkyl halides is 3. The molecule has 0 bridgehead atoms. The molecule has 4 N–H and O–H groups in total. The van der Waals surface area contributed by atoms with Gasteiger partial charge in [-0.1, -0.05) is 67.0 Å². The van der Waals surface area contributed by atoms with Crippen LogP contribution in [-0.2, 0) is 11.0 Å². The molecule has 1 aliphatic carbocycles. The molecule has 3 aromatic carbocycles. The number of carbonyl (C=O) groups excluding carboxylic acids is 2. The van der Waals surface area contributed by atoms with E-state index in [1.807, 2.05) is 12.1 Å². The fourth-order valence-corrected chi connectivity index (χ4v) is 6.47. The zero-order chi connectivity index (χ0) is 32.8. The van der Waals surface area contributed by atoms with Gasteiger partial charge in [0.05, 0.1) is 33.8 Å². The van der Waals surface area contributed by atoms with Gasteiger partial charge in [0.2, 0.25) is 0 Å². The zero-order valence-electron chi connectivity index (χ0n) is 24.5. The SMILES string of the molecule is N#Cc1cc(C(F)(F)F)cc2nc(NC(=O)NC(c3ccc(C(=O)NCCC(=O)O)cc3)c3ccc(C4CCCCC4)cc3)sc12. The molecule has 4 aromatic rings. The Morgan fingerprint density at radius 3 is 2.26 bits per heavy atom. The predicted molar refractivity (Wildman–Crippen MR) is 167 cm³/mol. The van der Waals surface area contributed by atoms with Crippen molar-refractivity contribution < 1.29 is 32.7 Å². The van der Waals surface area contributed by atoms with Crippen LogP contribution in [0.5, 0.6) is 0 Å². The molecule has 1 atom stereocenters. The largest absolute Gasteiger partial charge is 0.481 e. The molecule has 46 heavy (non-hydrogen) atoms. The maximum atomic E-state index is 13.3. The van der Waals surface area contributed by atoms with Gasteiger partial charge in [-0.25, -0.2) is 9.78 Å². The number of thiazole rings is 1. The highest BCUT2D eigenvalue weighted by atomic mass is 32.1. The molecule has 0 saturated heterocycles. The number of carbonyl (C=O) groups is 3. The molecule has 9 nitrogen and oxygen atoms in total. The van der Waals surface area contributed by atoms with E-state index in [0.29, 0.717) is 17.0 Å². The number of hydrogen-bond acceptors (Lipinski definition) is 6. The van der Waals surface area contributed by atoms with Gasteiger partial charge in [0.1, 0.15) is 6.07 Å². The van der Waals surface area contributed by atoms with Gasteiger partial charge in [0.25, 0.3) is 5.91 Å². The van der Waals surface area contributed by atoms with Crippen LogP contribution in [-0.4, -0.2) is 34.5 Å².